The van der Waals surface area contributed by atoms with Crippen molar-refractivity contribution in [1.82, 2.24) is 20.2 Å². The number of methoxy groups -OCH3 is 1. The monoisotopic (exact) mass is 383 g/mol. The van der Waals surface area contributed by atoms with Crippen LogP contribution in [0.25, 0.3) is 11.4 Å². The lowest BCUT2D eigenvalue weighted by Crippen LogP contribution is -2.21. The van der Waals surface area contributed by atoms with Crippen LogP contribution >= 0.6 is 0 Å². The summed E-state index contributed by atoms with van der Waals surface area (Å²) < 4.78 is 18.7. The molecular formula is C20H22FN5O2. The first-order valence-electron chi connectivity index (χ1n) is 8.78. The van der Waals surface area contributed by atoms with E-state index in [9.17, 15) is 9.18 Å². The Labute approximate surface area is 162 Å². The molecule has 1 aromatic heterocycles. The lowest BCUT2D eigenvalue weighted by molar-refractivity contribution is -0.117. The number of nitrogens with one attached hydrogen (secondary N) is 1. The van der Waals surface area contributed by atoms with Crippen molar-refractivity contribution in [3.63, 3.8) is 0 Å². The van der Waals surface area contributed by atoms with Gasteiger partial charge < -0.3 is 10.1 Å². The number of anilines is 1. The van der Waals surface area contributed by atoms with Crippen LogP contribution in [-0.2, 0) is 16.8 Å². The first kappa shape index (κ1) is 19.5. The predicted molar refractivity (Wildman–Crippen MR) is 104 cm³/mol. The Kier molecular flexibility index (Phi) is 5.39. The lowest BCUT2D eigenvalue weighted by Gasteiger charge is -2.21. The van der Waals surface area contributed by atoms with Crippen molar-refractivity contribution in [2.75, 3.05) is 12.4 Å². The normalized spacial score (nSPS) is 11.3. The van der Waals surface area contributed by atoms with Gasteiger partial charge in [-0.25, -0.2) is 4.39 Å². The number of carbonyl (C=O) groups excluding carboxylic acids is 1. The molecule has 2 aromatic carbocycles. The molecule has 0 atom stereocenters. The second kappa shape index (κ2) is 7.75. The fraction of sp³-hybridized carbons (Fsp3) is 0.300. The number of rotatable bonds is 5. The van der Waals surface area contributed by atoms with E-state index >= 15 is 0 Å². The van der Waals surface area contributed by atoms with Gasteiger partial charge in [0.05, 0.1) is 12.8 Å². The molecule has 3 aromatic rings. The summed E-state index contributed by atoms with van der Waals surface area (Å²) >= 11 is 0. The molecule has 0 saturated carbocycles. The molecule has 0 unspecified atom stereocenters. The van der Waals surface area contributed by atoms with Crippen molar-refractivity contribution in [2.24, 2.45) is 0 Å². The number of amides is 1. The van der Waals surface area contributed by atoms with Gasteiger partial charge in [-0.3, -0.25) is 4.79 Å². The minimum absolute atomic E-state index is 0.0704. The molecule has 0 radical (unpaired) electrons. The zero-order chi connectivity index (χ0) is 20.3. The largest absolute Gasteiger partial charge is 0.495 e. The molecule has 0 fully saturated rings. The molecular weight excluding hydrogens is 361 g/mol. The topological polar surface area (TPSA) is 81.9 Å². The minimum atomic E-state index is -0.391. The third kappa shape index (κ3) is 4.51. The Morgan fingerprint density at radius 2 is 2.00 bits per heavy atom. The van der Waals surface area contributed by atoms with Crippen LogP contribution in [0.15, 0.2) is 42.5 Å². The summed E-state index contributed by atoms with van der Waals surface area (Å²) in [6.45, 7) is 6.14. The molecule has 1 heterocycles. The molecule has 0 saturated heterocycles. The van der Waals surface area contributed by atoms with Gasteiger partial charge >= 0.3 is 0 Å². The first-order chi connectivity index (χ1) is 13.3. The number of ether oxygens (including phenoxy) is 1. The van der Waals surface area contributed by atoms with Gasteiger partial charge in [-0.2, -0.15) is 4.80 Å². The highest BCUT2D eigenvalue weighted by molar-refractivity contribution is 5.92. The van der Waals surface area contributed by atoms with Crippen LogP contribution < -0.4 is 10.1 Å². The molecule has 8 heteroatoms. The summed E-state index contributed by atoms with van der Waals surface area (Å²) in [6.07, 6.45) is 0. The average molecular weight is 383 g/mol. The van der Waals surface area contributed by atoms with Gasteiger partial charge in [-0.05, 0) is 40.5 Å². The van der Waals surface area contributed by atoms with Crippen LogP contribution in [0, 0.1) is 5.82 Å². The molecule has 28 heavy (non-hydrogen) atoms. The van der Waals surface area contributed by atoms with Gasteiger partial charge in [0.1, 0.15) is 18.1 Å². The second-order valence-corrected chi connectivity index (χ2v) is 7.37. The zero-order valence-corrected chi connectivity index (χ0v) is 16.2. The molecule has 3 rings (SSSR count). The van der Waals surface area contributed by atoms with Gasteiger partial charge in [-0.15, -0.1) is 10.2 Å². The maximum atomic E-state index is 13.3. The van der Waals surface area contributed by atoms with E-state index in [1.54, 1.807) is 19.2 Å². The maximum absolute atomic E-state index is 13.3. The van der Waals surface area contributed by atoms with Crippen molar-refractivity contribution in [3.05, 3.63) is 53.8 Å². The Morgan fingerprint density at radius 1 is 1.21 bits per heavy atom. The number of aromatic nitrogens is 4. The zero-order valence-electron chi connectivity index (χ0n) is 16.2. The molecule has 1 amide bonds. The second-order valence-electron chi connectivity index (χ2n) is 7.37. The van der Waals surface area contributed by atoms with E-state index in [0.717, 1.165) is 10.4 Å². The summed E-state index contributed by atoms with van der Waals surface area (Å²) in [5.41, 5.74) is 2.06. The number of carbonyl (C=O) groups is 1. The summed E-state index contributed by atoms with van der Waals surface area (Å²) in [6, 6.07) is 11.6. The highest BCUT2D eigenvalue weighted by Crippen LogP contribution is 2.31. The minimum Gasteiger partial charge on any atom is -0.495 e. The molecule has 0 aliphatic heterocycles. The van der Waals surface area contributed by atoms with E-state index in [1.807, 2.05) is 18.2 Å². The van der Waals surface area contributed by atoms with E-state index in [-0.39, 0.29) is 23.7 Å². The number of halogens is 1. The van der Waals surface area contributed by atoms with Crippen molar-refractivity contribution >= 4 is 11.6 Å². The average Bonchev–Trinajstić information content (AvgIpc) is 3.09. The van der Waals surface area contributed by atoms with Gasteiger partial charge in [-0.1, -0.05) is 39.0 Å². The Bertz CT molecular complexity index is 994. The lowest BCUT2D eigenvalue weighted by atomic mass is 9.87. The SMILES string of the molecule is COc1ccc(C(C)(C)C)cc1NC(=O)Cn1nnc(-c2cccc(F)c2)n1. The number of nitrogens with zero attached hydrogens (tertiary/aromatic N) is 4. The highest BCUT2D eigenvalue weighted by atomic mass is 19.1. The molecule has 146 valence electrons. The van der Waals surface area contributed by atoms with Crippen molar-refractivity contribution in [3.8, 4) is 17.1 Å². The third-order valence-electron chi connectivity index (χ3n) is 4.16. The summed E-state index contributed by atoms with van der Waals surface area (Å²) in [7, 11) is 1.55. The third-order valence-corrected chi connectivity index (χ3v) is 4.16. The molecule has 0 aliphatic carbocycles. The van der Waals surface area contributed by atoms with Crippen LogP contribution in [0.2, 0.25) is 0 Å². The van der Waals surface area contributed by atoms with Crippen LogP contribution in [0.1, 0.15) is 26.3 Å². The van der Waals surface area contributed by atoms with E-state index in [4.69, 9.17) is 4.74 Å². The van der Waals surface area contributed by atoms with E-state index < -0.39 is 5.82 Å². The van der Waals surface area contributed by atoms with Crippen molar-refractivity contribution < 1.29 is 13.9 Å². The highest BCUT2D eigenvalue weighted by Gasteiger charge is 2.17. The fourth-order valence-corrected chi connectivity index (χ4v) is 2.64. The van der Waals surface area contributed by atoms with Gasteiger partial charge in [0, 0.05) is 5.56 Å². The first-order valence-corrected chi connectivity index (χ1v) is 8.78. The summed E-state index contributed by atoms with van der Waals surface area (Å²) in [5, 5.41) is 14.7. The quantitative estimate of drug-likeness (QED) is 0.730. The van der Waals surface area contributed by atoms with Gasteiger partial charge in [0.15, 0.2) is 0 Å². The van der Waals surface area contributed by atoms with Gasteiger partial charge in [0.2, 0.25) is 11.7 Å². The fourth-order valence-electron chi connectivity index (χ4n) is 2.64. The van der Waals surface area contributed by atoms with Crippen LogP contribution in [-0.4, -0.2) is 33.2 Å². The Balaban J connectivity index is 1.74. The molecule has 7 nitrogen and oxygen atoms in total. The van der Waals surface area contributed by atoms with Crippen molar-refractivity contribution in [1.29, 1.82) is 0 Å². The van der Waals surface area contributed by atoms with Crippen LogP contribution in [0.5, 0.6) is 5.75 Å². The number of benzene rings is 2. The molecule has 0 bridgehead atoms. The smallest absolute Gasteiger partial charge is 0.248 e. The summed E-state index contributed by atoms with van der Waals surface area (Å²) in [5.74, 6) is 0.0953. The number of hydrogen-bond donors (Lipinski definition) is 1. The van der Waals surface area contributed by atoms with Gasteiger partial charge in [0.25, 0.3) is 0 Å². The standard InChI is InChI=1S/C20H22FN5O2/c1-20(2,3)14-8-9-17(28-4)16(11-14)22-18(27)12-26-24-19(23-25-26)13-6-5-7-15(21)10-13/h5-11H,12H2,1-4H3,(H,22,27). The Morgan fingerprint density at radius 3 is 2.68 bits per heavy atom. The van der Waals surface area contributed by atoms with Crippen LogP contribution in [0.4, 0.5) is 10.1 Å². The predicted octanol–water partition coefficient (Wildman–Crippen LogP) is 3.42. The van der Waals surface area contributed by atoms with E-state index in [2.05, 4.69) is 41.5 Å². The molecule has 0 aliphatic rings. The van der Waals surface area contributed by atoms with E-state index in [1.165, 1.54) is 12.1 Å². The van der Waals surface area contributed by atoms with Crippen LogP contribution in [0.3, 0.4) is 0 Å². The van der Waals surface area contributed by atoms with E-state index in [0.29, 0.717) is 17.0 Å². The molecule has 1 N–H and O–H groups in total. The summed E-state index contributed by atoms with van der Waals surface area (Å²) in [4.78, 5) is 13.6. The number of tetrazole rings is 1. The maximum Gasteiger partial charge on any atom is 0.248 e. The number of hydrogen-bond acceptors (Lipinski definition) is 5. The Hall–Kier alpha value is -3.29. The van der Waals surface area contributed by atoms with Crippen molar-refractivity contribution in [2.45, 2.75) is 32.7 Å². The molecule has 0 spiro atoms.